The largest absolute Gasteiger partial charge is 0.489 e. The van der Waals surface area contributed by atoms with Gasteiger partial charge in [0.25, 0.3) is 0 Å². The van der Waals surface area contributed by atoms with Crippen LogP contribution in [-0.4, -0.2) is 0 Å². The number of ether oxygens (including phenoxy) is 1. The lowest BCUT2D eigenvalue weighted by molar-refractivity contribution is 0.304. The summed E-state index contributed by atoms with van der Waals surface area (Å²) in [6, 6.07) is 14.5. The van der Waals surface area contributed by atoms with Gasteiger partial charge in [-0.25, -0.2) is 0 Å². The molecule has 0 atom stereocenters. The van der Waals surface area contributed by atoms with Crippen LogP contribution in [0.25, 0.3) is 0 Å². The van der Waals surface area contributed by atoms with Gasteiger partial charge in [0.1, 0.15) is 12.4 Å². The lowest BCUT2D eigenvalue weighted by atomic mass is 10.2. The van der Waals surface area contributed by atoms with E-state index in [0.29, 0.717) is 6.61 Å². The number of rotatable bonds is 3. The van der Waals surface area contributed by atoms with E-state index in [1.54, 1.807) is 0 Å². The lowest BCUT2D eigenvalue weighted by Gasteiger charge is -2.09. The maximum absolute atomic E-state index is 5.80. The van der Waals surface area contributed by atoms with Crippen LogP contribution in [0.1, 0.15) is 16.7 Å². The van der Waals surface area contributed by atoms with Crippen molar-refractivity contribution >= 4 is 15.9 Å². The highest BCUT2D eigenvalue weighted by molar-refractivity contribution is 9.10. The number of benzene rings is 2. The average Bonchev–Trinajstić information content (AvgIpc) is 2.30. The summed E-state index contributed by atoms with van der Waals surface area (Å²) in [5, 5.41) is 0. The molecular weight excluding hydrogens is 276 g/mol. The summed E-state index contributed by atoms with van der Waals surface area (Å²) in [5.41, 5.74) is 3.61. The second-order valence-corrected chi connectivity index (χ2v) is 5.10. The van der Waals surface area contributed by atoms with Gasteiger partial charge >= 0.3 is 0 Å². The van der Waals surface area contributed by atoms with Crippen molar-refractivity contribution in [3.63, 3.8) is 0 Å². The fraction of sp³-hybridized carbons (Fsp3) is 0.200. The molecular formula is C15H15BrO. The molecule has 0 fully saturated rings. The predicted molar refractivity (Wildman–Crippen MR) is 74.4 cm³/mol. The second kappa shape index (κ2) is 5.37. The van der Waals surface area contributed by atoms with Crippen LogP contribution >= 0.6 is 15.9 Å². The molecule has 0 aliphatic carbocycles. The second-order valence-electron chi connectivity index (χ2n) is 4.18. The van der Waals surface area contributed by atoms with Gasteiger partial charge < -0.3 is 4.74 Å². The molecule has 2 heteroatoms. The molecule has 0 heterocycles. The van der Waals surface area contributed by atoms with E-state index in [-0.39, 0.29) is 0 Å². The topological polar surface area (TPSA) is 9.23 Å². The molecule has 2 aromatic rings. The Kier molecular flexibility index (Phi) is 3.85. The Morgan fingerprint density at radius 1 is 1.00 bits per heavy atom. The predicted octanol–water partition coefficient (Wildman–Crippen LogP) is 4.64. The molecule has 0 saturated carbocycles. The third-order valence-corrected chi connectivity index (χ3v) is 3.15. The molecule has 1 nitrogen and oxygen atoms in total. The van der Waals surface area contributed by atoms with E-state index in [9.17, 15) is 0 Å². The third kappa shape index (κ3) is 3.34. The van der Waals surface area contributed by atoms with Crippen molar-refractivity contribution in [2.75, 3.05) is 0 Å². The number of aryl methyl sites for hydroxylation is 2. The quantitative estimate of drug-likeness (QED) is 0.800. The van der Waals surface area contributed by atoms with Crippen molar-refractivity contribution in [1.29, 1.82) is 0 Å². The Morgan fingerprint density at radius 2 is 1.71 bits per heavy atom. The first-order valence-electron chi connectivity index (χ1n) is 5.59. The first kappa shape index (κ1) is 12.2. The van der Waals surface area contributed by atoms with Crippen LogP contribution in [0.5, 0.6) is 5.75 Å². The molecule has 17 heavy (non-hydrogen) atoms. The highest BCUT2D eigenvalue weighted by Crippen LogP contribution is 2.23. The molecule has 0 unspecified atom stereocenters. The molecule has 88 valence electrons. The zero-order chi connectivity index (χ0) is 12.3. The van der Waals surface area contributed by atoms with Gasteiger partial charge in [0, 0.05) is 4.47 Å². The van der Waals surface area contributed by atoms with Crippen LogP contribution in [0.4, 0.5) is 0 Å². The Bertz CT molecular complexity index is 503. The fourth-order valence-electron chi connectivity index (χ4n) is 1.62. The SMILES string of the molecule is Cc1ccc(COc2ccc(Br)cc2C)cc1. The monoisotopic (exact) mass is 290 g/mol. The normalized spacial score (nSPS) is 10.3. The van der Waals surface area contributed by atoms with Crippen LogP contribution in [0.3, 0.4) is 0 Å². The third-order valence-electron chi connectivity index (χ3n) is 2.65. The summed E-state index contributed by atoms with van der Waals surface area (Å²) < 4.78 is 6.88. The van der Waals surface area contributed by atoms with E-state index in [0.717, 1.165) is 15.8 Å². The van der Waals surface area contributed by atoms with Crippen molar-refractivity contribution in [3.8, 4) is 5.75 Å². The molecule has 0 radical (unpaired) electrons. The zero-order valence-corrected chi connectivity index (χ0v) is 11.6. The molecule has 0 spiro atoms. The minimum absolute atomic E-state index is 0.614. The molecule has 0 aliphatic rings. The zero-order valence-electron chi connectivity index (χ0n) is 10.0. The number of halogens is 1. The number of hydrogen-bond donors (Lipinski definition) is 0. The Hall–Kier alpha value is -1.28. The van der Waals surface area contributed by atoms with Gasteiger partial charge in [0.15, 0.2) is 0 Å². The van der Waals surface area contributed by atoms with Crippen LogP contribution < -0.4 is 4.74 Å². The minimum atomic E-state index is 0.614. The minimum Gasteiger partial charge on any atom is -0.489 e. The molecule has 0 aromatic heterocycles. The highest BCUT2D eigenvalue weighted by atomic mass is 79.9. The molecule has 2 rings (SSSR count). The molecule has 0 saturated heterocycles. The number of hydrogen-bond acceptors (Lipinski definition) is 1. The molecule has 0 bridgehead atoms. The van der Waals surface area contributed by atoms with Crippen LogP contribution in [-0.2, 0) is 6.61 Å². The fourth-order valence-corrected chi connectivity index (χ4v) is 2.10. The van der Waals surface area contributed by atoms with E-state index in [1.807, 2.05) is 12.1 Å². The van der Waals surface area contributed by atoms with E-state index < -0.39 is 0 Å². The van der Waals surface area contributed by atoms with Crippen LogP contribution in [0, 0.1) is 13.8 Å². The highest BCUT2D eigenvalue weighted by Gasteiger charge is 2.00. The van der Waals surface area contributed by atoms with E-state index in [1.165, 1.54) is 11.1 Å². The first-order valence-corrected chi connectivity index (χ1v) is 6.39. The summed E-state index contributed by atoms with van der Waals surface area (Å²) in [7, 11) is 0. The van der Waals surface area contributed by atoms with Crippen molar-refractivity contribution in [2.24, 2.45) is 0 Å². The van der Waals surface area contributed by atoms with Gasteiger partial charge in [-0.1, -0.05) is 45.8 Å². The molecule has 0 N–H and O–H groups in total. The summed E-state index contributed by atoms with van der Waals surface area (Å²) in [6.45, 7) is 4.75. The van der Waals surface area contributed by atoms with Crippen LogP contribution in [0.15, 0.2) is 46.9 Å². The van der Waals surface area contributed by atoms with Crippen molar-refractivity contribution in [2.45, 2.75) is 20.5 Å². The van der Waals surface area contributed by atoms with Crippen LogP contribution in [0.2, 0.25) is 0 Å². The van der Waals surface area contributed by atoms with E-state index in [4.69, 9.17) is 4.74 Å². The van der Waals surface area contributed by atoms with E-state index >= 15 is 0 Å². The van der Waals surface area contributed by atoms with Crippen molar-refractivity contribution in [3.05, 3.63) is 63.6 Å². The summed E-state index contributed by atoms with van der Waals surface area (Å²) >= 11 is 3.44. The van der Waals surface area contributed by atoms with Gasteiger partial charge in [-0.15, -0.1) is 0 Å². The summed E-state index contributed by atoms with van der Waals surface area (Å²) in [5.74, 6) is 0.939. The average molecular weight is 291 g/mol. The Labute approximate surface area is 111 Å². The molecule has 0 amide bonds. The molecule has 0 aliphatic heterocycles. The van der Waals surface area contributed by atoms with E-state index in [2.05, 4.69) is 60.1 Å². The summed E-state index contributed by atoms with van der Waals surface area (Å²) in [4.78, 5) is 0. The van der Waals surface area contributed by atoms with Gasteiger partial charge in [-0.05, 0) is 43.2 Å². The smallest absolute Gasteiger partial charge is 0.122 e. The van der Waals surface area contributed by atoms with Gasteiger partial charge in [0.2, 0.25) is 0 Å². The summed E-state index contributed by atoms with van der Waals surface area (Å²) in [6.07, 6.45) is 0. The lowest BCUT2D eigenvalue weighted by Crippen LogP contribution is -1.96. The Balaban J connectivity index is 2.04. The Morgan fingerprint density at radius 3 is 2.35 bits per heavy atom. The van der Waals surface area contributed by atoms with Gasteiger partial charge in [-0.2, -0.15) is 0 Å². The van der Waals surface area contributed by atoms with Gasteiger partial charge in [0.05, 0.1) is 0 Å². The van der Waals surface area contributed by atoms with Crippen molar-refractivity contribution in [1.82, 2.24) is 0 Å². The maximum Gasteiger partial charge on any atom is 0.122 e. The van der Waals surface area contributed by atoms with Gasteiger partial charge in [-0.3, -0.25) is 0 Å². The standard InChI is InChI=1S/C15H15BrO/c1-11-3-5-13(6-4-11)10-17-15-8-7-14(16)9-12(15)2/h3-9H,10H2,1-2H3. The first-order chi connectivity index (χ1) is 8.15. The maximum atomic E-state index is 5.80. The molecule has 2 aromatic carbocycles. The van der Waals surface area contributed by atoms with Crippen molar-refractivity contribution < 1.29 is 4.74 Å².